The highest BCUT2D eigenvalue weighted by molar-refractivity contribution is 5.37. The second kappa shape index (κ2) is 4.64. The van der Waals surface area contributed by atoms with Crippen LogP contribution in [-0.4, -0.2) is 30.4 Å². The zero-order valence-corrected chi connectivity index (χ0v) is 8.94. The summed E-state index contributed by atoms with van der Waals surface area (Å²) in [4.78, 5) is 0. The molecule has 0 bridgehead atoms. The molecule has 0 fully saturated rings. The van der Waals surface area contributed by atoms with Crippen LogP contribution in [0.2, 0.25) is 0 Å². The van der Waals surface area contributed by atoms with Crippen LogP contribution in [0.1, 0.15) is 12.5 Å². The van der Waals surface area contributed by atoms with Gasteiger partial charge in [0.05, 0.1) is 6.10 Å². The summed E-state index contributed by atoms with van der Waals surface area (Å²) < 4.78 is 5.74. The fraction of sp³-hybridized carbons (Fsp3) is 0.500. The lowest BCUT2D eigenvalue weighted by Gasteiger charge is -2.12. The molecule has 15 heavy (non-hydrogen) atoms. The Labute approximate surface area is 90.1 Å². The van der Waals surface area contributed by atoms with E-state index in [2.05, 4.69) is 11.4 Å². The first-order chi connectivity index (χ1) is 7.25. The third-order valence-corrected chi connectivity index (χ3v) is 2.53. The molecule has 1 heterocycles. The van der Waals surface area contributed by atoms with Crippen molar-refractivity contribution in [1.29, 1.82) is 0 Å². The summed E-state index contributed by atoms with van der Waals surface area (Å²) in [5.74, 6) is 1.00. The van der Waals surface area contributed by atoms with Gasteiger partial charge < -0.3 is 15.2 Å². The van der Waals surface area contributed by atoms with Gasteiger partial charge in [0.25, 0.3) is 0 Å². The average Bonchev–Trinajstić information content (AvgIpc) is 2.59. The third-order valence-electron chi connectivity index (χ3n) is 2.53. The van der Waals surface area contributed by atoms with Crippen LogP contribution in [0, 0.1) is 0 Å². The van der Waals surface area contributed by atoms with E-state index < -0.39 is 0 Å². The number of hydrogen-bond donors (Lipinski definition) is 2. The predicted octanol–water partition coefficient (Wildman–Crippen LogP) is 0.960. The minimum Gasteiger partial charge on any atom is -0.488 e. The summed E-state index contributed by atoms with van der Waals surface area (Å²) in [7, 11) is 0. The first-order valence-corrected chi connectivity index (χ1v) is 5.39. The molecule has 1 aliphatic rings. The van der Waals surface area contributed by atoms with Crippen LogP contribution in [-0.2, 0) is 6.42 Å². The average molecular weight is 207 g/mol. The topological polar surface area (TPSA) is 41.5 Å². The van der Waals surface area contributed by atoms with Crippen LogP contribution in [0.5, 0.6) is 5.75 Å². The molecule has 1 aromatic carbocycles. The van der Waals surface area contributed by atoms with E-state index in [0.717, 1.165) is 18.7 Å². The summed E-state index contributed by atoms with van der Waals surface area (Å²) >= 11 is 0. The standard InChI is InChI=1S/C12H17NO2/c1-9(14)7-13-8-11-6-10-4-2-3-5-12(10)15-11/h2-5,9,11,13-14H,6-8H2,1H3. The number of ether oxygens (including phenoxy) is 1. The van der Waals surface area contributed by atoms with E-state index in [9.17, 15) is 0 Å². The lowest BCUT2D eigenvalue weighted by Crippen LogP contribution is -2.34. The van der Waals surface area contributed by atoms with Gasteiger partial charge in [0, 0.05) is 19.5 Å². The van der Waals surface area contributed by atoms with Crippen molar-refractivity contribution < 1.29 is 9.84 Å². The highest BCUT2D eigenvalue weighted by Gasteiger charge is 2.21. The number of hydrogen-bond acceptors (Lipinski definition) is 3. The largest absolute Gasteiger partial charge is 0.488 e. The summed E-state index contributed by atoms with van der Waals surface area (Å²) in [6.07, 6.45) is 0.873. The minimum atomic E-state index is -0.297. The van der Waals surface area contributed by atoms with E-state index in [4.69, 9.17) is 9.84 Å². The SMILES string of the molecule is CC(O)CNCC1Cc2ccccc2O1. The molecule has 0 aromatic heterocycles. The van der Waals surface area contributed by atoms with Gasteiger partial charge in [-0.05, 0) is 18.6 Å². The number of fused-ring (bicyclic) bond motifs is 1. The monoisotopic (exact) mass is 207 g/mol. The van der Waals surface area contributed by atoms with Crippen molar-refractivity contribution in [2.24, 2.45) is 0 Å². The number of aliphatic hydroxyl groups is 1. The molecule has 0 saturated carbocycles. The first-order valence-electron chi connectivity index (χ1n) is 5.39. The zero-order valence-electron chi connectivity index (χ0n) is 8.94. The molecule has 1 aromatic rings. The zero-order chi connectivity index (χ0) is 10.7. The quantitative estimate of drug-likeness (QED) is 0.772. The van der Waals surface area contributed by atoms with Crippen molar-refractivity contribution >= 4 is 0 Å². The highest BCUT2D eigenvalue weighted by Crippen LogP contribution is 2.27. The normalized spacial score (nSPS) is 20.8. The number of nitrogens with one attached hydrogen (secondary N) is 1. The van der Waals surface area contributed by atoms with Crippen LogP contribution >= 0.6 is 0 Å². The number of benzene rings is 1. The highest BCUT2D eigenvalue weighted by atomic mass is 16.5. The molecule has 3 heteroatoms. The molecule has 2 rings (SSSR count). The van der Waals surface area contributed by atoms with Crippen molar-refractivity contribution in [2.45, 2.75) is 25.6 Å². The molecule has 0 radical (unpaired) electrons. The van der Waals surface area contributed by atoms with Gasteiger partial charge in [0.1, 0.15) is 11.9 Å². The van der Waals surface area contributed by atoms with Gasteiger partial charge in [-0.15, -0.1) is 0 Å². The van der Waals surface area contributed by atoms with E-state index >= 15 is 0 Å². The van der Waals surface area contributed by atoms with E-state index in [1.54, 1.807) is 6.92 Å². The molecule has 1 aliphatic heterocycles. The molecule has 82 valence electrons. The van der Waals surface area contributed by atoms with Crippen LogP contribution in [0.15, 0.2) is 24.3 Å². The molecule has 0 saturated heterocycles. The maximum absolute atomic E-state index is 9.10. The Hall–Kier alpha value is -1.06. The van der Waals surface area contributed by atoms with E-state index in [1.807, 2.05) is 18.2 Å². The van der Waals surface area contributed by atoms with Crippen molar-refractivity contribution in [3.05, 3.63) is 29.8 Å². The van der Waals surface area contributed by atoms with Gasteiger partial charge in [0.15, 0.2) is 0 Å². The fourth-order valence-electron chi connectivity index (χ4n) is 1.82. The van der Waals surface area contributed by atoms with Gasteiger partial charge in [-0.2, -0.15) is 0 Å². The predicted molar refractivity (Wildman–Crippen MR) is 59.1 cm³/mol. The Bertz CT molecular complexity index is 300. The fourth-order valence-corrected chi connectivity index (χ4v) is 1.82. The summed E-state index contributed by atoms with van der Waals surface area (Å²) in [5.41, 5.74) is 1.28. The van der Waals surface area contributed by atoms with Crippen LogP contribution in [0.25, 0.3) is 0 Å². The Morgan fingerprint density at radius 2 is 2.33 bits per heavy atom. The molecule has 0 amide bonds. The molecular formula is C12H17NO2. The molecule has 2 unspecified atom stereocenters. The number of rotatable bonds is 4. The Morgan fingerprint density at radius 3 is 3.07 bits per heavy atom. The van der Waals surface area contributed by atoms with Gasteiger partial charge >= 0.3 is 0 Å². The third kappa shape index (κ3) is 2.70. The second-order valence-electron chi connectivity index (χ2n) is 4.06. The molecule has 3 nitrogen and oxygen atoms in total. The Morgan fingerprint density at radius 1 is 1.53 bits per heavy atom. The van der Waals surface area contributed by atoms with Gasteiger partial charge in [0.2, 0.25) is 0 Å². The van der Waals surface area contributed by atoms with E-state index in [0.29, 0.717) is 6.54 Å². The van der Waals surface area contributed by atoms with E-state index in [1.165, 1.54) is 5.56 Å². The molecule has 2 N–H and O–H groups in total. The smallest absolute Gasteiger partial charge is 0.123 e. The van der Waals surface area contributed by atoms with Crippen LogP contribution in [0.3, 0.4) is 0 Å². The number of aliphatic hydroxyl groups excluding tert-OH is 1. The van der Waals surface area contributed by atoms with Crippen molar-refractivity contribution in [2.75, 3.05) is 13.1 Å². The van der Waals surface area contributed by atoms with Gasteiger partial charge in [-0.3, -0.25) is 0 Å². The summed E-state index contributed by atoms with van der Waals surface area (Å²) in [5, 5.41) is 12.3. The number of para-hydroxylation sites is 1. The Balaban J connectivity index is 1.80. The van der Waals surface area contributed by atoms with Crippen molar-refractivity contribution in [3.8, 4) is 5.75 Å². The minimum absolute atomic E-state index is 0.209. The van der Waals surface area contributed by atoms with Crippen molar-refractivity contribution in [3.63, 3.8) is 0 Å². The lowest BCUT2D eigenvalue weighted by atomic mass is 10.1. The van der Waals surface area contributed by atoms with Crippen LogP contribution < -0.4 is 10.1 Å². The maximum atomic E-state index is 9.10. The maximum Gasteiger partial charge on any atom is 0.123 e. The molecule has 0 spiro atoms. The van der Waals surface area contributed by atoms with Crippen molar-refractivity contribution in [1.82, 2.24) is 5.32 Å². The van der Waals surface area contributed by atoms with E-state index in [-0.39, 0.29) is 12.2 Å². The second-order valence-corrected chi connectivity index (χ2v) is 4.06. The summed E-state index contributed by atoms with van der Waals surface area (Å²) in [6, 6.07) is 8.13. The molecule has 0 aliphatic carbocycles. The summed E-state index contributed by atoms with van der Waals surface area (Å²) in [6.45, 7) is 3.19. The van der Waals surface area contributed by atoms with Crippen LogP contribution in [0.4, 0.5) is 0 Å². The molecular weight excluding hydrogens is 190 g/mol. The lowest BCUT2D eigenvalue weighted by molar-refractivity contribution is 0.177. The molecule has 2 atom stereocenters. The first kappa shape index (κ1) is 10.5. The van der Waals surface area contributed by atoms with Gasteiger partial charge in [-0.25, -0.2) is 0 Å². The van der Waals surface area contributed by atoms with Gasteiger partial charge in [-0.1, -0.05) is 18.2 Å². The Kier molecular flexibility index (Phi) is 3.23.